The average molecular weight is 339 g/mol. The minimum absolute atomic E-state index is 0.0490. The third-order valence-electron chi connectivity index (χ3n) is 3.25. The lowest BCUT2D eigenvalue weighted by Gasteiger charge is -2.20. The first-order chi connectivity index (χ1) is 10.5. The molecule has 22 heavy (non-hydrogen) atoms. The first kappa shape index (κ1) is 16.7. The molecule has 1 aromatic carbocycles. The highest BCUT2D eigenvalue weighted by Crippen LogP contribution is 2.17. The van der Waals surface area contributed by atoms with Crippen molar-refractivity contribution in [1.29, 1.82) is 0 Å². The van der Waals surface area contributed by atoms with E-state index in [1.54, 1.807) is 6.92 Å². The average Bonchev–Trinajstić information content (AvgIpc) is 2.50. The topological polar surface area (TPSA) is 62.2 Å². The lowest BCUT2D eigenvalue weighted by atomic mass is 10.0. The number of halogens is 2. The van der Waals surface area contributed by atoms with Crippen molar-refractivity contribution in [2.75, 3.05) is 0 Å². The molecule has 0 aliphatic heterocycles. The van der Waals surface area contributed by atoms with Crippen LogP contribution in [0.1, 0.15) is 23.0 Å². The number of pyridine rings is 1. The summed E-state index contributed by atoms with van der Waals surface area (Å²) in [6.07, 6.45) is -0.275. The number of hydrogen-bond acceptors (Lipinski definition) is 3. The van der Waals surface area contributed by atoms with Crippen LogP contribution in [-0.2, 0) is 6.42 Å². The molecule has 0 bridgehead atoms. The molecule has 2 rings (SSSR count). The second-order valence-electron chi connectivity index (χ2n) is 4.98. The first-order valence-electron chi connectivity index (χ1n) is 6.82. The molecule has 1 heterocycles. The van der Waals surface area contributed by atoms with Gasteiger partial charge in [-0.3, -0.25) is 4.79 Å². The number of hydrogen-bond donors (Lipinski definition) is 2. The van der Waals surface area contributed by atoms with Gasteiger partial charge in [0.15, 0.2) is 0 Å². The number of aliphatic hydroxyl groups is 1. The number of benzene rings is 1. The maximum Gasteiger partial charge on any atom is 0.271 e. The van der Waals surface area contributed by atoms with Crippen LogP contribution in [-0.4, -0.2) is 28.1 Å². The maximum absolute atomic E-state index is 12.2. The summed E-state index contributed by atoms with van der Waals surface area (Å²) < 4.78 is 0. The Morgan fingerprint density at radius 2 is 1.91 bits per heavy atom. The number of nitrogens with one attached hydrogen (secondary N) is 1. The van der Waals surface area contributed by atoms with Crippen LogP contribution in [0.2, 0.25) is 10.2 Å². The molecule has 0 aliphatic rings. The molecule has 1 aromatic heterocycles. The van der Waals surface area contributed by atoms with E-state index in [-0.39, 0.29) is 15.9 Å². The highest BCUT2D eigenvalue weighted by atomic mass is 35.5. The molecule has 0 aliphatic carbocycles. The van der Waals surface area contributed by atoms with Crippen LogP contribution in [0.25, 0.3) is 0 Å². The van der Waals surface area contributed by atoms with E-state index in [1.165, 1.54) is 12.1 Å². The van der Waals surface area contributed by atoms with Gasteiger partial charge < -0.3 is 10.4 Å². The van der Waals surface area contributed by atoms with Gasteiger partial charge in [0.25, 0.3) is 5.91 Å². The van der Waals surface area contributed by atoms with E-state index in [0.29, 0.717) is 6.42 Å². The van der Waals surface area contributed by atoms with E-state index < -0.39 is 18.1 Å². The molecule has 1 amide bonds. The van der Waals surface area contributed by atoms with Gasteiger partial charge in [0, 0.05) is 6.42 Å². The van der Waals surface area contributed by atoms with Crippen molar-refractivity contribution in [3.8, 4) is 0 Å². The Morgan fingerprint density at radius 1 is 1.23 bits per heavy atom. The Morgan fingerprint density at radius 3 is 2.59 bits per heavy atom. The maximum atomic E-state index is 12.2. The molecule has 0 saturated heterocycles. The zero-order valence-corrected chi connectivity index (χ0v) is 13.5. The van der Waals surface area contributed by atoms with Crippen LogP contribution in [0, 0.1) is 0 Å². The molecule has 2 N–H and O–H groups in total. The summed E-state index contributed by atoms with van der Waals surface area (Å²) in [5.41, 5.74) is 1.04. The molecule has 2 aromatic rings. The van der Waals surface area contributed by atoms with Gasteiger partial charge in [-0.05, 0) is 24.6 Å². The summed E-state index contributed by atoms with van der Waals surface area (Å²) in [6.45, 7) is 1.73. The third-order valence-corrected chi connectivity index (χ3v) is 3.77. The smallest absolute Gasteiger partial charge is 0.271 e. The van der Waals surface area contributed by atoms with Gasteiger partial charge in [-0.1, -0.05) is 53.5 Å². The third kappa shape index (κ3) is 4.44. The largest absolute Gasteiger partial charge is 0.391 e. The number of aromatic nitrogens is 1. The number of amides is 1. The minimum Gasteiger partial charge on any atom is -0.391 e. The number of aliphatic hydroxyl groups excluding tert-OH is 1. The van der Waals surface area contributed by atoms with E-state index in [1.807, 2.05) is 30.3 Å². The number of nitrogens with zero attached hydrogens (tertiary/aromatic N) is 1. The summed E-state index contributed by atoms with van der Waals surface area (Å²) in [7, 11) is 0. The number of carbonyl (C=O) groups excluding carboxylic acids is 1. The Kier molecular flexibility index (Phi) is 5.77. The van der Waals surface area contributed by atoms with Crippen molar-refractivity contribution < 1.29 is 9.90 Å². The molecule has 2 unspecified atom stereocenters. The van der Waals surface area contributed by atoms with Crippen LogP contribution in [0.4, 0.5) is 0 Å². The fraction of sp³-hybridized carbons (Fsp3) is 0.250. The molecule has 0 saturated carbocycles. The summed E-state index contributed by atoms with van der Waals surface area (Å²) >= 11 is 11.7. The zero-order chi connectivity index (χ0) is 16.1. The first-order valence-corrected chi connectivity index (χ1v) is 7.58. The van der Waals surface area contributed by atoms with Crippen molar-refractivity contribution in [2.24, 2.45) is 0 Å². The van der Waals surface area contributed by atoms with Crippen LogP contribution in [0.15, 0.2) is 42.5 Å². The minimum atomic E-state index is -0.718. The van der Waals surface area contributed by atoms with Crippen molar-refractivity contribution in [2.45, 2.75) is 25.5 Å². The van der Waals surface area contributed by atoms with E-state index in [9.17, 15) is 9.90 Å². The standard InChI is InChI=1S/C16H16Cl2N2O2/c1-10(13(21)9-11-5-3-2-4-6-11)19-16(22)15-12(17)7-8-14(18)20-15/h2-8,10,13,21H,9H2,1H3,(H,19,22). The number of rotatable bonds is 5. The molecule has 0 spiro atoms. The van der Waals surface area contributed by atoms with Crippen molar-refractivity contribution >= 4 is 29.1 Å². The van der Waals surface area contributed by atoms with Crippen LogP contribution in [0.3, 0.4) is 0 Å². The predicted octanol–water partition coefficient (Wildman–Crippen LogP) is 3.11. The SMILES string of the molecule is CC(NC(=O)c1nc(Cl)ccc1Cl)C(O)Cc1ccccc1. The Balaban J connectivity index is 2.00. The second kappa shape index (κ2) is 7.58. The summed E-state index contributed by atoms with van der Waals surface area (Å²) in [4.78, 5) is 16.1. The molecule has 0 fully saturated rings. The van der Waals surface area contributed by atoms with E-state index >= 15 is 0 Å². The quantitative estimate of drug-likeness (QED) is 0.823. The van der Waals surface area contributed by atoms with Crippen LogP contribution >= 0.6 is 23.2 Å². The molecule has 6 heteroatoms. The van der Waals surface area contributed by atoms with E-state index in [0.717, 1.165) is 5.56 Å². The molecule has 4 nitrogen and oxygen atoms in total. The van der Waals surface area contributed by atoms with Gasteiger partial charge in [-0.25, -0.2) is 4.98 Å². The Bertz CT molecular complexity index is 650. The summed E-state index contributed by atoms with van der Waals surface area (Å²) in [5.74, 6) is -0.466. The Labute approximate surface area is 139 Å². The fourth-order valence-electron chi connectivity index (χ4n) is 1.98. The normalized spacial score (nSPS) is 13.5. The highest BCUT2D eigenvalue weighted by Gasteiger charge is 2.20. The summed E-state index contributed by atoms with van der Waals surface area (Å²) in [5, 5.41) is 13.3. The fourth-order valence-corrected chi connectivity index (χ4v) is 2.32. The van der Waals surface area contributed by atoms with Gasteiger partial charge >= 0.3 is 0 Å². The van der Waals surface area contributed by atoms with Crippen molar-refractivity contribution in [3.63, 3.8) is 0 Å². The Hall–Kier alpha value is -1.62. The monoisotopic (exact) mass is 338 g/mol. The van der Waals surface area contributed by atoms with Crippen molar-refractivity contribution in [3.05, 3.63) is 63.9 Å². The molecule has 116 valence electrons. The van der Waals surface area contributed by atoms with Gasteiger partial charge in [0.05, 0.1) is 17.2 Å². The summed E-state index contributed by atoms with van der Waals surface area (Å²) in [6, 6.07) is 12.1. The van der Waals surface area contributed by atoms with E-state index in [2.05, 4.69) is 10.3 Å². The number of carbonyl (C=O) groups is 1. The molecular weight excluding hydrogens is 323 g/mol. The zero-order valence-electron chi connectivity index (χ0n) is 12.0. The van der Waals surface area contributed by atoms with Gasteiger partial charge in [-0.15, -0.1) is 0 Å². The highest BCUT2D eigenvalue weighted by molar-refractivity contribution is 6.34. The molecule has 0 radical (unpaired) electrons. The van der Waals surface area contributed by atoms with Crippen LogP contribution in [0.5, 0.6) is 0 Å². The van der Waals surface area contributed by atoms with Crippen molar-refractivity contribution in [1.82, 2.24) is 10.3 Å². The lowest BCUT2D eigenvalue weighted by Crippen LogP contribution is -2.42. The lowest BCUT2D eigenvalue weighted by molar-refractivity contribution is 0.0847. The molecular formula is C16H16Cl2N2O2. The van der Waals surface area contributed by atoms with Crippen LogP contribution < -0.4 is 5.32 Å². The second-order valence-corrected chi connectivity index (χ2v) is 5.78. The predicted molar refractivity (Wildman–Crippen MR) is 87.3 cm³/mol. The van der Waals surface area contributed by atoms with Gasteiger partial charge in [0.1, 0.15) is 10.8 Å². The van der Waals surface area contributed by atoms with E-state index in [4.69, 9.17) is 23.2 Å². The van der Waals surface area contributed by atoms with Gasteiger partial charge in [0.2, 0.25) is 0 Å². The molecule has 2 atom stereocenters. The van der Waals surface area contributed by atoms with Gasteiger partial charge in [-0.2, -0.15) is 0 Å².